The van der Waals surface area contributed by atoms with Crippen LogP contribution in [0.4, 0.5) is 5.69 Å². The molecule has 0 amide bonds. The lowest BCUT2D eigenvalue weighted by atomic mass is 10.3. The first-order valence-electron chi connectivity index (χ1n) is 6.94. The van der Waals surface area contributed by atoms with Crippen LogP contribution in [-0.2, 0) is 10.0 Å². The van der Waals surface area contributed by atoms with Crippen LogP contribution < -0.4 is 10.5 Å². The van der Waals surface area contributed by atoms with Crippen LogP contribution in [0.5, 0.6) is 5.75 Å². The van der Waals surface area contributed by atoms with Crippen LogP contribution in [0.3, 0.4) is 0 Å². The lowest BCUT2D eigenvalue weighted by Gasteiger charge is -2.23. The first-order valence-corrected chi connectivity index (χ1v) is 8.54. The van der Waals surface area contributed by atoms with Crippen molar-refractivity contribution in [2.45, 2.75) is 31.7 Å². The maximum Gasteiger partial charge on any atom is 0.217 e. The predicted molar refractivity (Wildman–Crippen MR) is 80.2 cm³/mol. The van der Waals surface area contributed by atoms with Gasteiger partial charge in [-0.25, -0.2) is 12.7 Å². The predicted octanol–water partition coefficient (Wildman–Crippen LogP) is 1.85. The molecule has 0 radical (unpaired) electrons. The molecule has 0 spiro atoms. The van der Waals surface area contributed by atoms with Crippen molar-refractivity contribution in [1.82, 2.24) is 4.31 Å². The number of benzene rings is 1. The molecule has 0 aliphatic heterocycles. The molecule has 0 aromatic heterocycles. The fourth-order valence-electron chi connectivity index (χ4n) is 2.51. The highest BCUT2D eigenvalue weighted by Crippen LogP contribution is 2.24. The number of sulfonamides is 1. The van der Waals surface area contributed by atoms with Crippen LogP contribution in [-0.4, -0.2) is 38.2 Å². The highest BCUT2D eigenvalue weighted by Gasteiger charge is 2.28. The molecule has 0 atom stereocenters. The Morgan fingerprint density at radius 1 is 1.30 bits per heavy atom. The van der Waals surface area contributed by atoms with E-state index < -0.39 is 10.0 Å². The smallest absolute Gasteiger partial charge is 0.217 e. The molecule has 20 heavy (non-hydrogen) atoms. The Hall–Kier alpha value is -1.27. The Labute approximate surface area is 120 Å². The molecular weight excluding hydrogens is 276 g/mol. The summed E-state index contributed by atoms with van der Waals surface area (Å²) in [6.45, 7) is 0.119. The van der Waals surface area contributed by atoms with E-state index in [9.17, 15) is 8.42 Å². The molecule has 1 aromatic rings. The molecule has 2 N–H and O–H groups in total. The van der Waals surface area contributed by atoms with Crippen LogP contribution in [0, 0.1) is 0 Å². The molecule has 112 valence electrons. The lowest BCUT2D eigenvalue weighted by molar-refractivity contribution is 0.330. The third kappa shape index (κ3) is 3.64. The minimum atomic E-state index is -3.26. The second kappa shape index (κ2) is 6.45. The van der Waals surface area contributed by atoms with E-state index in [0.29, 0.717) is 11.4 Å². The largest absolute Gasteiger partial charge is 0.490 e. The van der Waals surface area contributed by atoms with Gasteiger partial charge in [0.05, 0.1) is 11.4 Å². The van der Waals surface area contributed by atoms with Crippen molar-refractivity contribution >= 4 is 15.7 Å². The maximum atomic E-state index is 12.2. The summed E-state index contributed by atoms with van der Waals surface area (Å²) < 4.78 is 31.4. The molecule has 1 saturated carbocycles. The fraction of sp³-hybridized carbons (Fsp3) is 0.571. The van der Waals surface area contributed by atoms with Crippen molar-refractivity contribution in [3.05, 3.63) is 24.3 Å². The van der Waals surface area contributed by atoms with Crippen molar-refractivity contribution in [2.75, 3.05) is 25.1 Å². The summed E-state index contributed by atoms with van der Waals surface area (Å²) in [6, 6.07) is 7.25. The molecule has 2 rings (SSSR count). The van der Waals surface area contributed by atoms with Gasteiger partial charge in [0.15, 0.2) is 0 Å². The van der Waals surface area contributed by atoms with E-state index in [1.165, 1.54) is 4.31 Å². The van der Waals surface area contributed by atoms with E-state index >= 15 is 0 Å². The van der Waals surface area contributed by atoms with Gasteiger partial charge in [0.2, 0.25) is 10.0 Å². The van der Waals surface area contributed by atoms with Gasteiger partial charge in [-0.2, -0.15) is 0 Å². The number of nitrogens with two attached hydrogens (primary N) is 1. The number of ether oxygens (including phenoxy) is 1. The maximum absolute atomic E-state index is 12.2. The van der Waals surface area contributed by atoms with E-state index in [4.69, 9.17) is 10.5 Å². The fourth-order valence-corrected chi connectivity index (χ4v) is 3.75. The Morgan fingerprint density at radius 3 is 2.60 bits per heavy atom. The number of anilines is 1. The molecule has 1 fully saturated rings. The van der Waals surface area contributed by atoms with E-state index in [1.807, 2.05) is 12.1 Å². The quantitative estimate of drug-likeness (QED) is 0.814. The van der Waals surface area contributed by atoms with Crippen LogP contribution in [0.1, 0.15) is 25.7 Å². The van der Waals surface area contributed by atoms with E-state index in [-0.39, 0.29) is 18.4 Å². The van der Waals surface area contributed by atoms with Gasteiger partial charge in [0.1, 0.15) is 12.4 Å². The van der Waals surface area contributed by atoms with Crippen molar-refractivity contribution < 1.29 is 13.2 Å². The standard InChI is InChI=1S/C14H22N2O3S/c1-16(12-6-2-3-7-12)20(17,18)11-10-19-14-9-5-4-8-13(14)15/h4-5,8-9,12H,2-3,6-7,10-11,15H2,1H3. The minimum Gasteiger partial charge on any atom is -0.490 e. The average Bonchev–Trinajstić information content (AvgIpc) is 2.94. The summed E-state index contributed by atoms with van der Waals surface area (Å²) in [5, 5.41) is 0. The average molecular weight is 298 g/mol. The molecule has 1 aliphatic rings. The van der Waals surface area contributed by atoms with Gasteiger partial charge in [0.25, 0.3) is 0 Å². The van der Waals surface area contributed by atoms with Crippen LogP contribution in [0.2, 0.25) is 0 Å². The second-order valence-corrected chi connectivity index (χ2v) is 7.30. The zero-order valence-corrected chi connectivity index (χ0v) is 12.6. The molecule has 0 unspecified atom stereocenters. The molecule has 0 bridgehead atoms. The third-order valence-electron chi connectivity index (χ3n) is 3.80. The number of nitrogens with zero attached hydrogens (tertiary/aromatic N) is 1. The van der Waals surface area contributed by atoms with Crippen molar-refractivity contribution in [2.24, 2.45) is 0 Å². The summed E-state index contributed by atoms with van der Waals surface area (Å²) in [5.41, 5.74) is 6.27. The zero-order valence-electron chi connectivity index (χ0n) is 11.8. The van der Waals surface area contributed by atoms with Crippen LogP contribution in [0.25, 0.3) is 0 Å². The summed E-state index contributed by atoms with van der Waals surface area (Å²) in [6.07, 6.45) is 4.15. The zero-order chi connectivity index (χ0) is 14.6. The Bertz CT molecular complexity index is 539. The number of para-hydroxylation sites is 2. The number of nitrogen functional groups attached to an aromatic ring is 1. The summed E-state index contributed by atoms with van der Waals surface area (Å²) in [7, 11) is -1.59. The Morgan fingerprint density at radius 2 is 1.95 bits per heavy atom. The first kappa shape index (κ1) is 15.1. The van der Waals surface area contributed by atoms with Crippen LogP contribution in [0.15, 0.2) is 24.3 Å². The SMILES string of the molecule is CN(C1CCCC1)S(=O)(=O)CCOc1ccccc1N. The summed E-state index contributed by atoms with van der Waals surface area (Å²) in [5.74, 6) is 0.514. The molecule has 0 heterocycles. The molecular formula is C14H22N2O3S. The number of hydrogen-bond acceptors (Lipinski definition) is 4. The number of rotatable bonds is 6. The molecule has 6 heteroatoms. The third-order valence-corrected chi connectivity index (χ3v) is 5.65. The lowest BCUT2D eigenvalue weighted by Crippen LogP contribution is -2.38. The molecule has 1 aliphatic carbocycles. The van der Waals surface area contributed by atoms with Gasteiger partial charge < -0.3 is 10.5 Å². The van der Waals surface area contributed by atoms with E-state index in [2.05, 4.69) is 0 Å². The summed E-state index contributed by atoms with van der Waals surface area (Å²) in [4.78, 5) is 0. The summed E-state index contributed by atoms with van der Waals surface area (Å²) >= 11 is 0. The monoisotopic (exact) mass is 298 g/mol. The topological polar surface area (TPSA) is 72.6 Å². The molecule has 0 saturated heterocycles. The van der Waals surface area contributed by atoms with Crippen molar-refractivity contribution in [1.29, 1.82) is 0 Å². The Balaban J connectivity index is 1.87. The second-order valence-electron chi connectivity index (χ2n) is 5.16. The van der Waals surface area contributed by atoms with Gasteiger partial charge in [-0.15, -0.1) is 0 Å². The van der Waals surface area contributed by atoms with Crippen molar-refractivity contribution in [3.8, 4) is 5.75 Å². The van der Waals surface area contributed by atoms with Gasteiger partial charge in [-0.3, -0.25) is 0 Å². The first-order chi connectivity index (χ1) is 9.50. The molecule has 5 nitrogen and oxygen atoms in total. The highest BCUT2D eigenvalue weighted by molar-refractivity contribution is 7.89. The normalized spacial score (nSPS) is 16.7. The highest BCUT2D eigenvalue weighted by atomic mass is 32.2. The molecule has 1 aromatic carbocycles. The van der Waals surface area contributed by atoms with Gasteiger partial charge >= 0.3 is 0 Å². The van der Waals surface area contributed by atoms with E-state index in [1.54, 1.807) is 19.2 Å². The van der Waals surface area contributed by atoms with Gasteiger partial charge in [0, 0.05) is 13.1 Å². The van der Waals surface area contributed by atoms with Gasteiger partial charge in [-0.1, -0.05) is 25.0 Å². The van der Waals surface area contributed by atoms with Crippen LogP contribution >= 0.6 is 0 Å². The minimum absolute atomic E-state index is 0.0195. The van der Waals surface area contributed by atoms with Crippen molar-refractivity contribution in [3.63, 3.8) is 0 Å². The Kier molecular flexibility index (Phi) is 4.88. The van der Waals surface area contributed by atoms with Gasteiger partial charge in [-0.05, 0) is 25.0 Å². The number of hydrogen-bond donors (Lipinski definition) is 1. The van der Waals surface area contributed by atoms with E-state index in [0.717, 1.165) is 25.7 Å².